The van der Waals surface area contributed by atoms with Crippen molar-refractivity contribution in [2.75, 3.05) is 13.2 Å². The molecule has 0 unspecified atom stereocenters. The molecule has 1 fully saturated rings. The zero-order valence-corrected chi connectivity index (χ0v) is 11.5. The minimum absolute atomic E-state index is 0.137. The standard InChI is InChI=1S/C13H20N2O4/c1-5-6-18-9-7-10(11(14)16)15(8-9)12(17)19-13(2,3)4/h1,9-10H,6-8H2,2-4H3,(H2,14,16)/t9-,10+/m1/s1. The summed E-state index contributed by atoms with van der Waals surface area (Å²) in [5.74, 6) is 1.78. The van der Waals surface area contributed by atoms with E-state index in [-0.39, 0.29) is 19.3 Å². The summed E-state index contributed by atoms with van der Waals surface area (Å²) in [6, 6.07) is -0.711. The highest BCUT2D eigenvalue weighted by Gasteiger charge is 2.40. The Labute approximate surface area is 113 Å². The van der Waals surface area contributed by atoms with E-state index >= 15 is 0 Å². The van der Waals surface area contributed by atoms with Crippen LogP contribution in [-0.2, 0) is 14.3 Å². The highest BCUT2D eigenvalue weighted by atomic mass is 16.6. The van der Waals surface area contributed by atoms with Gasteiger partial charge in [-0.2, -0.15) is 0 Å². The van der Waals surface area contributed by atoms with E-state index in [9.17, 15) is 9.59 Å². The SMILES string of the molecule is C#CCO[C@@H]1C[C@@H](C(N)=O)N(C(=O)OC(C)(C)C)C1. The molecule has 1 rings (SSSR count). The maximum absolute atomic E-state index is 12.0. The van der Waals surface area contributed by atoms with Crippen molar-refractivity contribution in [3.63, 3.8) is 0 Å². The Morgan fingerprint density at radius 3 is 2.58 bits per heavy atom. The lowest BCUT2D eigenvalue weighted by atomic mass is 10.2. The summed E-state index contributed by atoms with van der Waals surface area (Å²) < 4.78 is 10.6. The van der Waals surface area contributed by atoms with E-state index in [4.69, 9.17) is 21.6 Å². The number of rotatable bonds is 3. The molecule has 1 aliphatic rings. The minimum Gasteiger partial charge on any atom is -0.444 e. The number of hydrogen-bond acceptors (Lipinski definition) is 4. The second kappa shape index (κ2) is 5.93. The molecule has 2 N–H and O–H groups in total. The minimum atomic E-state index is -0.711. The van der Waals surface area contributed by atoms with Gasteiger partial charge in [-0.3, -0.25) is 9.69 Å². The van der Waals surface area contributed by atoms with Gasteiger partial charge in [0.05, 0.1) is 12.6 Å². The predicted octanol–water partition coefficient (Wildman–Crippen LogP) is 0.499. The largest absolute Gasteiger partial charge is 0.444 e. The molecule has 0 saturated carbocycles. The first-order chi connectivity index (χ1) is 8.74. The molecule has 6 heteroatoms. The second-order valence-electron chi connectivity index (χ2n) is 5.42. The molecule has 1 aliphatic heterocycles. The lowest BCUT2D eigenvalue weighted by molar-refractivity contribution is -0.122. The third-order valence-electron chi connectivity index (χ3n) is 2.62. The van der Waals surface area contributed by atoms with E-state index < -0.39 is 23.6 Å². The van der Waals surface area contributed by atoms with Gasteiger partial charge in [0.1, 0.15) is 18.2 Å². The number of likely N-dealkylation sites (tertiary alicyclic amines) is 1. The van der Waals surface area contributed by atoms with Crippen molar-refractivity contribution < 1.29 is 19.1 Å². The van der Waals surface area contributed by atoms with Crippen LogP contribution in [0, 0.1) is 12.3 Å². The predicted molar refractivity (Wildman–Crippen MR) is 69.1 cm³/mol. The zero-order valence-electron chi connectivity index (χ0n) is 11.5. The van der Waals surface area contributed by atoms with Crippen LogP contribution < -0.4 is 5.73 Å². The van der Waals surface area contributed by atoms with Crippen LogP contribution in [-0.4, -0.2) is 47.8 Å². The fraction of sp³-hybridized carbons (Fsp3) is 0.692. The van der Waals surface area contributed by atoms with Crippen LogP contribution in [0.15, 0.2) is 0 Å². The van der Waals surface area contributed by atoms with E-state index in [1.165, 1.54) is 4.90 Å². The molecule has 0 aromatic rings. The van der Waals surface area contributed by atoms with Gasteiger partial charge in [0.25, 0.3) is 0 Å². The number of primary amides is 1. The monoisotopic (exact) mass is 268 g/mol. The van der Waals surface area contributed by atoms with E-state index in [2.05, 4.69) is 5.92 Å². The Bertz CT molecular complexity index is 394. The highest BCUT2D eigenvalue weighted by molar-refractivity contribution is 5.85. The number of nitrogens with zero attached hydrogens (tertiary/aromatic N) is 1. The highest BCUT2D eigenvalue weighted by Crippen LogP contribution is 2.23. The van der Waals surface area contributed by atoms with E-state index in [0.717, 1.165) is 0 Å². The van der Waals surface area contributed by atoms with E-state index in [1.54, 1.807) is 20.8 Å². The third-order valence-corrected chi connectivity index (χ3v) is 2.62. The van der Waals surface area contributed by atoms with Crippen molar-refractivity contribution in [1.29, 1.82) is 0 Å². The summed E-state index contributed by atoms with van der Waals surface area (Å²) >= 11 is 0. The maximum Gasteiger partial charge on any atom is 0.411 e. The number of nitrogens with two attached hydrogens (primary N) is 1. The van der Waals surface area contributed by atoms with Crippen LogP contribution in [0.4, 0.5) is 4.79 Å². The van der Waals surface area contributed by atoms with Crippen LogP contribution in [0.5, 0.6) is 0 Å². The molecular weight excluding hydrogens is 248 g/mol. The molecule has 1 heterocycles. The molecule has 0 aromatic heterocycles. The van der Waals surface area contributed by atoms with E-state index in [0.29, 0.717) is 6.42 Å². The van der Waals surface area contributed by atoms with Gasteiger partial charge < -0.3 is 15.2 Å². The van der Waals surface area contributed by atoms with Crippen LogP contribution in [0.3, 0.4) is 0 Å². The van der Waals surface area contributed by atoms with Crippen molar-refractivity contribution in [2.45, 2.75) is 44.9 Å². The molecular formula is C13H20N2O4. The number of hydrogen-bond donors (Lipinski definition) is 1. The third kappa shape index (κ3) is 4.45. The van der Waals surface area contributed by atoms with Gasteiger partial charge in [-0.25, -0.2) is 4.79 Å². The van der Waals surface area contributed by atoms with Crippen LogP contribution >= 0.6 is 0 Å². The molecule has 19 heavy (non-hydrogen) atoms. The molecule has 6 nitrogen and oxygen atoms in total. The first-order valence-corrected chi connectivity index (χ1v) is 6.08. The quantitative estimate of drug-likeness (QED) is 0.756. The summed E-state index contributed by atoms with van der Waals surface area (Å²) in [5.41, 5.74) is 4.67. The Kier molecular flexibility index (Phi) is 4.78. The van der Waals surface area contributed by atoms with Crippen molar-refractivity contribution in [3.05, 3.63) is 0 Å². The van der Waals surface area contributed by atoms with Crippen molar-refractivity contribution >= 4 is 12.0 Å². The van der Waals surface area contributed by atoms with Crippen molar-refractivity contribution in [1.82, 2.24) is 4.90 Å². The average Bonchev–Trinajstić information content (AvgIpc) is 2.68. The first-order valence-electron chi connectivity index (χ1n) is 6.08. The van der Waals surface area contributed by atoms with E-state index in [1.807, 2.05) is 0 Å². The molecule has 2 amide bonds. The normalized spacial score (nSPS) is 22.9. The fourth-order valence-corrected chi connectivity index (χ4v) is 1.88. The van der Waals surface area contributed by atoms with Gasteiger partial charge >= 0.3 is 6.09 Å². The molecule has 0 bridgehead atoms. The number of ether oxygens (including phenoxy) is 2. The topological polar surface area (TPSA) is 81.9 Å². The van der Waals surface area contributed by atoms with Gasteiger partial charge in [-0.15, -0.1) is 6.42 Å². The Hall–Kier alpha value is -1.74. The summed E-state index contributed by atoms with van der Waals surface area (Å²) in [6.45, 7) is 5.66. The summed E-state index contributed by atoms with van der Waals surface area (Å²) in [5, 5.41) is 0. The average molecular weight is 268 g/mol. The van der Waals surface area contributed by atoms with Crippen molar-refractivity contribution in [3.8, 4) is 12.3 Å². The molecule has 0 aromatic carbocycles. The van der Waals surface area contributed by atoms with Crippen LogP contribution in [0.25, 0.3) is 0 Å². The maximum atomic E-state index is 12.0. The molecule has 106 valence electrons. The Morgan fingerprint density at radius 2 is 2.11 bits per heavy atom. The Balaban J connectivity index is 2.71. The smallest absolute Gasteiger partial charge is 0.411 e. The Morgan fingerprint density at radius 1 is 1.47 bits per heavy atom. The van der Waals surface area contributed by atoms with Crippen molar-refractivity contribution in [2.24, 2.45) is 5.73 Å². The molecule has 0 radical (unpaired) electrons. The lowest BCUT2D eigenvalue weighted by Gasteiger charge is -2.27. The first kappa shape index (κ1) is 15.3. The lowest BCUT2D eigenvalue weighted by Crippen LogP contribution is -2.45. The number of amides is 2. The van der Waals surface area contributed by atoms with Gasteiger partial charge in [0.15, 0.2) is 0 Å². The van der Waals surface area contributed by atoms with Gasteiger partial charge in [0.2, 0.25) is 5.91 Å². The van der Waals surface area contributed by atoms with Gasteiger partial charge in [-0.05, 0) is 20.8 Å². The van der Waals surface area contributed by atoms with Crippen LogP contribution in [0.1, 0.15) is 27.2 Å². The number of carbonyl (C=O) groups is 2. The molecule has 2 atom stereocenters. The molecule has 0 spiro atoms. The summed E-state index contributed by atoms with van der Waals surface area (Å²) in [7, 11) is 0. The number of carbonyl (C=O) groups excluding carboxylic acids is 2. The molecule has 1 saturated heterocycles. The fourth-order valence-electron chi connectivity index (χ4n) is 1.88. The second-order valence-corrected chi connectivity index (χ2v) is 5.42. The van der Waals surface area contributed by atoms with Gasteiger partial charge in [-0.1, -0.05) is 5.92 Å². The molecule has 0 aliphatic carbocycles. The zero-order chi connectivity index (χ0) is 14.6. The summed E-state index contributed by atoms with van der Waals surface area (Å²) in [6.07, 6.45) is 4.59. The van der Waals surface area contributed by atoms with Crippen LogP contribution in [0.2, 0.25) is 0 Å². The van der Waals surface area contributed by atoms with Gasteiger partial charge in [0, 0.05) is 6.42 Å². The summed E-state index contributed by atoms with van der Waals surface area (Å²) in [4.78, 5) is 24.7. The number of terminal acetylenes is 1.